The fourth-order valence-electron chi connectivity index (χ4n) is 1.00. The lowest BCUT2D eigenvalue weighted by Gasteiger charge is -2.11. The Kier molecular flexibility index (Phi) is 3.41. The Hall–Kier alpha value is -0.720. The van der Waals surface area contributed by atoms with E-state index in [1.54, 1.807) is 0 Å². The summed E-state index contributed by atoms with van der Waals surface area (Å²) in [4.78, 5) is 0. The van der Waals surface area contributed by atoms with E-state index in [1.165, 1.54) is 7.05 Å². The number of hydrogen-bond donors (Lipinski definition) is 2. The Morgan fingerprint density at radius 2 is 2.07 bits per heavy atom. The first-order valence-electron chi connectivity index (χ1n) is 3.68. The molecule has 0 aliphatic rings. The molecule has 0 radical (unpaired) electrons. The molecule has 78 valence electrons. The van der Waals surface area contributed by atoms with Gasteiger partial charge in [-0.2, -0.15) is 5.06 Å². The van der Waals surface area contributed by atoms with Crippen LogP contribution < -0.4 is 0 Å². The molecule has 1 aromatic rings. The van der Waals surface area contributed by atoms with Gasteiger partial charge in [0.05, 0.1) is 11.0 Å². The van der Waals surface area contributed by atoms with Gasteiger partial charge in [-0.15, -0.1) is 0 Å². The van der Waals surface area contributed by atoms with E-state index in [9.17, 15) is 13.9 Å². The smallest absolute Gasteiger partial charge is 0.176 e. The Balaban J connectivity index is 3.19. The summed E-state index contributed by atoms with van der Waals surface area (Å²) in [6.45, 7) is -0.0956. The lowest BCUT2D eigenvalue weighted by Crippen LogP contribution is -2.12. The van der Waals surface area contributed by atoms with E-state index in [2.05, 4.69) is 15.9 Å². The lowest BCUT2D eigenvalue weighted by molar-refractivity contribution is -0.0736. The van der Waals surface area contributed by atoms with Crippen LogP contribution in [0.4, 0.5) is 8.78 Å². The Bertz CT molecular complexity index is 358. The van der Waals surface area contributed by atoms with Gasteiger partial charge in [0, 0.05) is 12.6 Å². The average Bonchev–Trinajstić information content (AvgIpc) is 2.10. The van der Waals surface area contributed by atoms with Crippen LogP contribution in [-0.4, -0.2) is 22.4 Å². The van der Waals surface area contributed by atoms with Gasteiger partial charge in [-0.05, 0) is 22.0 Å². The molecule has 6 heteroatoms. The molecule has 0 saturated carbocycles. The summed E-state index contributed by atoms with van der Waals surface area (Å²) in [5.41, 5.74) is 0.0979. The third-order valence-corrected chi connectivity index (χ3v) is 2.34. The predicted molar refractivity (Wildman–Crippen MR) is 49.0 cm³/mol. The number of nitrogens with zero attached hydrogens (tertiary/aromatic N) is 1. The quantitative estimate of drug-likeness (QED) is 0.638. The normalized spacial score (nSPS) is 11.0. The van der Waals surface area contributed by atoms with Crippen molar-refractivity contribution in [2.45, 2.75) is 6.54 Å². The molecular weight excluding hydrogens is 260 g/mol. The summed E-state index contributed by atoms with van der Waals surface area (Å²) in [7, 11) is 1.33. The minimum Gasteiger partial charge on any atom is -0.506 e. The third kappa shape index (κ3) is 2.20. The van der Waals surface area contributed by atoms with Crippen LogP contribution in [0.2, 0.25) is 0 Å². The maximum atomic E-state index is 12.9. The Morgan fingerprint density at radius 3 is 2.57 bits per heavy atom. The van der Waals surface area contributed by atoms with Crippen molar-refractivity contribution in [2.24, 2.45) is 0 Å². The number of hydrogen-bond acceptors (Lipinski definition) is 3. The van der Waals surface area contributed by atoms with E-state index >= 15 is 0 Å². The summed E-state index contributed by atoms with van der Waals surface area (Å²) in [5, 5.41) is 19.0. The van der Waals surface area contributed by atoms with Crippen LogP contribution in [0.3, 0.4) is 0 Å². The van der Waals surface area contributed by atoms with Crippen molar-refractivity contribution >= 4 is 15.9 Å². The van der Waals surface area contributed by atoms with Gasteiger partial charge >= 0.3 is 0 Å². The number of benzene rings is 1. The van der Waals surface area contributed by atoms with Gasteiger partial charge in [0.2, 0.25) is 0 Å². The SMILES string of the molecule is CN(O)Cc1cc(F)c(F)c(Br)c1O. The van der Waals surface area contributed by atoms with Crippen molar-refractivity contribution in [1.29, 1.82) is 0 Å². The average molecular weight is 268 g/mol. The van der Waals surface area contributed by atoms with Gasteiger partial charge < -0.3 is 10.3 Å². The van der Waals surface area contributed by atoms with E-state index in [0.717, 1.165) is 11.1 Å². The number of hydroxylamine groups is 2. The molecule has 3 nitrogen and oxygen atoms in total. The maximum Gasteiger partial charge on any atom is 0.176 e. The largest absolute Gasteiger partial charge is 0.506 e. The summed E-state index contributed by atoms with van der Waals surface area (Å²) in [5.74, 6) is -2.64. The number of aromatic hydroxyl groups is 1. The van der Waals surface area contributed by atoms with Gasteiger partial charge in [-0.25, -0.2) is 8.78 Å². The van der Waals surface area contributed by atoms with Crippen LogP contribution in [0.25, 0.3) is 0 Å². The van der Waals surface area contributed by atoms with E-state index in [1.807, 2.05) is 0 Å². The van der Waals surface area contributed by atoms with Gasteiger partial charge in [-0.3, -0.25) is 0 Å². The predicted octanol–water partition coefficient (Wildman–Crippen LogP) is 2.25. The molecular formula is C8H8BrF2NO2. The first-order chi connectivity index (χ1) is 6.43. The van der Waals surface area contributed by atoms with Gasteiger partial charge in [-0.1, -0.05) is 0 Å². The molecule has 1 rings (SSSR count). The Morgan fingerprint density at radius 1 is 1.50 bits per heavy atom. The van der Waals surface area contributed by atoms with E-state index in [0.29, 0.717) is 0 Å². The molecule has 1 aromatic carbocycles. The molecule has 0 aliphatic carbocycles. The third-order valence-electron chi connectivity index (χ3n) is 1.61. The van der Waals surface area contributed by atoms with Crippen molar-refractivity contribution in [3.05, 3.63) is 27.7 Å². The molecule has 14 heavy (non-hydrogen) atoms. The summed E-state index contributed by atoms with van der Waals surface area (Å²) in [6.07, 6.45) is 0. The van der Waals surface area contributed by atoms with Crippen molar-refractivity contribution in [3.63, 3.8) is 0 Å². The number of phenols is 1. The molecule has 0 fully saturated rings. The summed E-state index contributed by atoms with van der Waals surface area (Å²) in [6, 6.07) is 0.835. The number of halogens is 3. The molecule has 0 unspecified atom stereocenters. The number of phenolic OH excluding ortho intramolecular Hbond substituents is 1. The first kappa shape index (κ1) is 11.4. The van der Waals surface area contributed by atoms with Crippen LogP contribution >= 0.6 is 15.9 Å². The molecule has 2 N–H and O–H groups in total. The Labute approximate surface area is 87.7 Å². The summed E-state index contributed by atoms with van der Waals surface area (Å²) < 4.78 is 25.4. The monoisotopic (exact) mass is 267 g/mol. The highest BCUT2D eigenvalue weighted by Crippen LogP contribution is 2.32. The van der Waals surface area contributed by atoms with E-state index in [-0.39, 0.29) is 16.6 Å². The fraction of sp³-hybridized carbons (Fsp3) is 0.250. The van der Waals surface area contributed by atoms with Crippen LogP contribution in [0.15, 0.2) is 10.5 Å². The molecule has 0 aliphatic heterocycles. The van der Waals surface area contributed by atoms with Crippen molar-refractivity contribution in [3.8, 4) is 5.75 Å². The standard InChI is InChI=1S/C8H8BrF2NO2/c1-12(14)3-4-2-5(10)7(11)6(9)8(4)13/h2,13-14H,3H2,1H3. The van der Waals surface area contributed by atoms with Crippen LogP contribution in [0, 0.1) is 11.6 Å². The second kappa shape index (κ2) is 4.20. The van der Waals surface area contributed by atoms with Crippen LogP contribution in [-0.2, 0) is 6.54 Å². The van der Waals surface area contributed by atoms with Crippen molar-refractivity contribution < 1.29 is 19.1 Å². The highest BCUT2D eigenvalue weighted by Gasteiger charge is 2.16. The number of rotatable bonds is 2. The molecule has 0 aromatic heterocycles. The lowest BCUT2D eigenvalue weighted by atomic mass is 10.2. The van der Waals surface area contributed by atoms with E-state index in [4.69, 9.17) is 5.21 Å². The van der Waals surface area contributed by atoms with Gasteiger partial charge in [0.25, 0.3) is 0 Å². The van der Waals surface area contributed by atoms with Crippen molar-refractivity contribution in [1.82, 2.24) is 5.06 Å². The topological polar surface area (TPSA) is 43.7 Å². The van der Waals surface area contributed by atoms with Gasteiger partial charge in [0.1, 0.15) is 5.75 Å². The highest BCUT2D eigenvalue weighted by molar-refractivity contribution is 9.10. The maximum absolute atomic E-state index is 12.9. The molecule has 0 heterocycles. The molecule has 0 atom stereocenters. The van der Waals surface area contributed by atoms with Crippen LogP contribution in [0.1, 0.15) is 5.56 Å². The molecule has 0 bridgehead atoms. The zero-order valence-corrected chi connectivity index (χ0v) is 8.85. The second-order valence-electron chi connectivity index (χ2n) is 2.81. The van der Waals surface area contributed by atoms with Gasteiger partial charge in [0.15, 0.2) is 11.6 Å². The van der Waals surface area contributed by atoms with Crippen molar-refractivity contribution in [2.75, 3.05) is 7.05 Å². The van der Waals surface area contributed by atoms with E-state index < -0.39 is 17.4 Å². The molecule has 0 spiro atoms. The second-order valence-corrected chi connectivity index (χ2v) is 3.60. The fourth-order valence-corrected chi connectivity index (χ4v) is 1.45. The minimum atomic E-state index is -1.15. The zero-order chi connectivity index (χ0) is 10.9. The molecule has 0 amide bonds. The summed E-state index contributed by atoms with van der Waals surface area (Å²) >= 11 is 2.71. The zero-order valence-electron chi connectivity index (χ0n) is 7.26. The molecule has 0 saturated heterocycles. The minimum absolute atomic E-state index is 0.0956. The highest BCUT2D eigenvalue weighted by atomic mass is 79.9. The first-order valence-corrected chi connectivity index (χ1v) is 4.48. The van der Waals surface area contributed by atoms with Crippen LogP contribution in [0.5, 0.6) is 5.75 Å².